The molecule has 100 valence electrons. The van der Waals surface area contributed by atoms with Gasteiger partial charge in [0.25, 0.3) is 5.56 Å². The summed E-state index contributed by atoms with van der Waals surface area (Å²) in [6.07, 6.45) is 1.20. The molecule has 0 spiro atoms. The number of fused-ring (bicyclic) bond motifs is 1. The van der Waals surface area contributed by atoms with E-state index in [1.807, 2.05) is 13.0 Å². The first-order chi connectivity index (χ1) is 9.17. The molecule has 1 N–H and O–H groups in total. The second kappa shape index (κ2) is 5.56. The number of nitrogens with zero attached hydrogens (tertiary/aromatic N) is 1. The smallest absolute Gasteiger partial charge is 0.411 e. The van der Waals surface area contributed by atoms with E-state index >= 15 is 0 Å². The maximum absolute atomic E-state index is 12.1. The number of ether oxygens (including phenoxy) is 1. The molecule has 2 aromatic rings. The molecule has 0 radical (unpaired) electrons. The fourth-order valence-corrected chi connectivity index (χ4v) is 1.95. The number of nitrogens with one attached hydrogen (secondary N) is 1. The number of carbonyl (C=O) groups excluding carboxylic acids is 1. The maximum Gasteiger partial charge on any atom is 0.411 e. The third-order valence-electron chi connectivity index (χ3n) is 2.87. The second-order valence-corrected chi connectivity index (χ2v) is 4.02. The first kappa shape index (κ1) is 13.1. The molecule has 0 aliphatic heterocycles. The first-order valence-corrected chi connectivity index (χ1v) is 6.23. The first-order valence-electron chi connectivity index (χ1n) is 6.23. The molecule has 1 aromatic carbocycles. The largest absolute Gasteiger partial charge is 0.450 e. The molecule has 19 heavy (non-hydrogen) atoms. The molecule has 1 aromatic heterocycles. The van der Waals surface area contributed by atoms with Crippen LogP contribution < -0.4 is 10.9 Å². The summed E-state index contributed by atoms with van der Waals surface area (Å²) in [6.45, 7) is 4.57. The van der Waals surface area contributed by atoms with Gasteiger partial charge in [0.05, 0.1) is 12.3 Å². The molecule has 5 nitrogen and oxygen atoms in total. The Morgan fingerprint density at radius 1 is 1.26 bits per heavy atom. The summed E-state index contributed by atoms with van der Waals surface area (Å²) >= 11 is 0. The highest BCUT2D eigenvalue weighted by atomic mass is 16.5. The van der Waals surface area contributed by atoms with Crippen LogP contribution in [0.3, 0.4) is 0 Å². The third kappa shape index (κ3) is 2.59. The number of rotatable bonds is 3. The minimum absolute atomic E-state index is 0.0625. The van der Waals surface area contributed by atoms with E-state index in [0.29, 0.717) is 29.6 Å². The van der Waals surface area contributed by atoms with Crippen molar-refractivity contribution in [2.45, 2.75) is 20.4 Å². The van der Waals surface area contributed by atoms with E-state index in [1.54, 1.807) is 35.9 Å². The van der Waals surface area contributed by atoms with Gasteiger partial charge in [-0.2, -0.15) is 0 Å². The van der Waals surface area contributed by atoms with Crippen LogP contribution in [0.15, 0.2) is 35.3 Å². The highest BCUT2D eigenvalue weighted by Crippen LogP contribution is 2.20. The van der Waals surface area contributed by atoms with Crippen LogP contribution >= 0.6 is 0 Å². The second-order valence-electron chi connectivity index (χ2n) is 4.02. The van der Waals surface area contributed by atoms with E-state index in [2.05, 4.69) is 5.32 Å². The van der Waals surface area contributed by atoms with Gasteiger partial charge < -0.3 is 9.30 Å². The Bertz CT molecular complexity index is 661. The highest BCUT2D eigenvalue weighted by molar-refractivity contribution is 5.99. The maximum atomic E-state index is 12.1. The molecule has 0 aliphatic rings. The molecule has 1 amide bonds. The molecule has 0 saturated carbocycles. The number of hydrogen-bond donors (Lipinski definition) is 1. The van der Waals surface area contributed by atoms with Gasteiger partial charge in [-0.25, -0.2) is 4.79 Å². The zero-order valence-electron chi connectivity index (χ0n) is 11.0. The molecule has 0 atom stereocenters. The van der Waals surface area contributed by atoms with Gasteiger partial charge in [0.1, 0.15) is 0 Å². The van der Waals surface area contributed by atoms with Crippen LogP contribution in [0.1, 0.15) is 13.8 Å². The van der Waals surface area contributed by atoms with Gasteiger partial charge in [-0.1, -0.05) is 6.07 Å². The summed E-state index contributed by atoms with van der Waals surface area (Å²) in [4.78, 5) is 23.6. The van der Waals surface area contributed by atoms with E-state index in [0.717, 1.165) is 0 Å². The fourth-order valence-electron chi connectivity index (χ4n) is 1.95. The number of carbonyl (C=O) groups is 1. The van der Waals surface area contributed by atoms with E-state index in [1.165, 1.54) is 0 Å². The molecule has 2 rings (SSSR count). The Morgan fingerprint density at radius 3 is 2.74 bits per heavy atom. The average molecular weight is 260 g/mol. The van der Waals surface area contributed by atoms with Crippen molar-refractivity contribution in [3.63, 3.8) is 0 Å². The normalized spacial score (nSPS) is 10.4. The lowest BCUT2D eigenvalue weighted by Gasteiger charge is -2.09. The number of aryl methyl sites for hydroxylation is 1. The van der Waals surface area contributed by atoms with Crippen LogP contribution in [0.4, 0.5) is 10.5 Å². The summed E-state index contributed by atoms with van der Waals surface area (Å²) in [5, 5.41) is 3.94. The molecule has 0 bridgehead atoms. The SMILES string of the molecule is CCOC(=O)Nc1cccc2c(=O)n(CC)ccc12. The van der Waals surface area contributed by atoms with Gasteiger partial charge in [-0.15, -0.1) is 0 Å². The minimum atomic E-state index is -0.519. The summed E-state index contributed by atoms with van der Waals surface area (Å²) in [7, 11) is 0. The van der Waals surface area contributed by atoms with Crippen LogP contribution in [0, 0.1) is 0 Å². The van der Waals surface area contributed by atoms with Crippen LogP contribution in [0.2, 0.25) is 0 Å². The van der Waals surface area contributed by atoms with Crippen molar-refractivity contribution in [2.75, 3.05) is 11.9 Å². The Labute approximate surface area is 110 Å². The zero-order valence-corrected chi connectivity index (χ0v) is 11.0. The summed E-state index contributed by atoms with van der Waals surface area (Å²) < 4.78 is 6.46. The quantitative estimate of drug-likeness (QED) is 0.922. The molecular weight excluding hydrogens is 244 g/mol. The van der Waals surface area contributed by atoms with Gasteiger partial charge >= 0.3 is 6.09 Å². The monoisotopic (exact) mass is 260 g/mol. The van der Waals surface area contributed by atoms with Crippen LogP contribution in [0.5, 0.6) is 0 Å². The van der Waals surface area contributed by atoms with Crippen molar-refractivity contribution in [3.05, 3.63) is 40.8 Å². The van der Waals surface area contributed by atoms with Crippen molar-refractivity contribution in [1.29, 1.82) is 0 Å². The molecule has 1 heterocycles. The summed E-state index contributed by atoms with van der Waals surface area (Å²) in [5.74, 6) is 0. The number of anilines is 1. The van der Waals surface area contributed by atoms with E-state index in [-0.39, 0.29) is 5.56 Å². The van der Waals surface area contributed by atoms with Crippen molar-refractivity contribution in [2.24, 2.45) is 0 Å². The van der Waals surface area contributed by atoms with E-state index in [4.69, 9.17) is 4.74 Å². The van der Waals surface area contributed by atoms with Gasteiger partial charge in [-0.05, 0) is 32.0 Å². The van der Waals surface area contributed by atoms with Crippen molar-refractivity contribution in [3.8, 4) is 0 Å². The van der Waals surface area contributed by atoms with E-state index < -0.39 is 6.09 Å². The lowest BCUT2D eigenvalue weighted by atomic mass is 10.1. The van der Waals surface area contributed by atoms with Crippen molar-refractivity contribution >= 4 is 22.6 Å². The zero-order chi connectivity index (χ0) is 13.8. The molecule has 0 fully saturated rings. The average Bonchev–Trinajstić information content (AvgIpc) is 2.40. The Morgan fingerprint density at radius 2 is 2.05 bits per heavy atom. The standard InChI is InChI=1S/C14H16N2O3/c1-3-16-9-8-10-11(13(16)17)6-5-7-12(10)15-14(18)19-4-2/h5-9H,3-4H2,1-2H3,(H,15,18). The van der Waals surface area contributed by atoms with Crippen LogP contribution in [-0.2, 0) is 11.3 Å². The number of amides is 1. The lowest BCUT2D eigenvalue weighted by molar-refractivity contribution is 0.168. The number of benzene rings is 1. The van der Waals surface area contributed by atoms with Gasteiger partial charge in [-0.3, -0.25) is 10.1 Å². The van der Waals surface area contributed by atoms with Crippen molar-refractivity contribution < 1.29 is 9.53 Å². The van der Waals surface area contributed by atoms with Gasteiger partial charge in [0.2, 0.25) is 0 Å². The predicted octanol–water partition coefficient (Wildman–Crippen LogP) is 2.59. The van der Waals surface area contributed by atoms with Crippen LogP contribution in [-0.4, -0.2) is 17.3 Å². The number of aromatic nitrogens is 1. The van der Waals surface area contributed by atoms with Crippen molar-refractivity contribution in [1.82, 2.24) is 4.57 Å². The molecular formula is C14H16N2O3. The van der Waals surface area contributed by atoms with Gasteiger partial charge in [0, 0.05) is 23.5 Å². The molecule has 0 saturated heterocycles. The summed E-state index contributed by atoms with van der Waals surface area (Å²) in [6, 6.07) is 7.06. The minimum Gasteiger partial charge on any atom is -0.450 e. The van der Waals surface area contributed by atoms with Gasteiger partial charge in [0.15, 0.2) is 0 Å². The molecule has 0 unspecified atom stereocenters. The fraction of sp³-hybridized carbons (Fsp3) is 0.286. The number of hydrogen-bond acceptors (Lipinski definition) is 3. The van der Waals surface area contributed by atoms with Crippen LogP contribution in [0.25, 0.3) is 10.8 Å². The Balaban J connectivity index is 2.49. The third-order valence-corrected chi connectivity index (χ3v) is 2.87. The Hall–Kier alpha value is -2.30. The highest BCUT2D eigenvalue weighted by Gasteiger charge is 2.08. The summed E-state index contributed by atoms with van der Waals surface area (Å²) in [5.41, 5.74) is 0.517. The molecule has 0 aliphatic carbocycles. The van der Waals surface area contributed by atoms with E-state index in [9.17, 15) is 9.59 Å². The Kier molecular flexibility index (Phi) is 3.85. The predicted molar refractivity (Wildman–Crippen MR) is 74.5 cm³/mol. The number of pyridine rings is 1. The molecule has 5 heteroatoms. The topological polar surface area (TPSA) is 60.3 Å². The lowest BCUT2D eigenvalue weighted by Crippen LogP contribution is -2.19.